The van der Waals surface area contributed by atoms with Gasteiger partial charge in [-0.1, -0.05) is 32.0 Å². The average Bonchev–Trinajstić information content (AvgIpc) is 2.46. The fraction of sp³-hybridized carbons (Fsp3) is 0.625. The summed E-state index contributed by atoms with van der Waals surface area (Å²) in [6.45, 7) is 7.45. The molecule has 0 heterocycles. The molecule has 0 aliphatic heterocycles. The molecule has 0 saturated carbocycles. The molecule has 114 valence electrons. The van der Waals surface area contributed by atoms with Crippen molar-refractivity contribution in [2.24, 2.45) is 0 Å². The summed E-state index contributed by atoms with van der Waals surface area (Å²) in [5, 5.41) is 3.28. The average molecular weight is 283 g/mol. The second kappa shape index (κ2) is 10.8. The predicted octanol–water partition coefficient (Wildman–Crippen LogP) is 3.31. The molecular weight excluding hydrogens is 257 g/mol. The van der Waals surface area contributed by atoms with Crippen LogP contribution in [-0.4, -0.2) is 32.9 Å². The van der Waals surface area contributed by atoms with Crippen LogP contribution in [0.1, 0.15) is 38.4 Å². The van der Waals surface area contributed by atoms with E-state index < -0.39 is 0 Å². The molecule has 0 radical (unpaired) electrons. The third-order valence-electron chi connectivity index (χ3n) is 2.90. The van der Waals surface area contributed by atoms with Crippen molar-refractivity contribution in [1.82, 2.24) is 5.32 Å². The zero-order valence-corrected chi connectivity index (χ0v) is 12.5. The molecule has 4 heteroatoms. The van der Waals surface area contributed by atoms with Crippen LogP contribution in [0.15, 0.2) is 24.3 Å². The van der Waals surface area contributed by atoms with E-state index in [1.807, 2.05) is 6.07 Å². The minimum Gasteiger partial charge on any atom is -0.379 e. The fourth-order valence-electron chi connectivity index (χ4n) is 1.90. The van der Waals surface area contributed by atoms with Gasteiger partial charge in [-0.3, -0.25) is 0 Å². The van der Waals surface area contributed by atoms with E-state index in [1.165, 1.54) is 6.07 Å². The minimum atomic E-state index is -0.270. The van der Waals surface area contributed by atoms with Crippen molar-refractivity contribution in [3.8, 4) is 0 Å². The molecule has 1 N–H and O–H groups in total. The van der Waals surface area contributed by atoms with Crippen molar-refractivity contribution >= 4 is 0 Å². The second-order valence-electron chi connectivity index (χ2n) is 4.70. The molecule has 1 atom stereocenters. The molecule has 0 aliphatic rings. The molecule has 0 amide bonds. The predicted molar refractivity (Wildman–Crippen MR) is 79.4 cm³/mol. The van der Waals surface area contributed by atoms with Crippen LogP contribution in [0.3, 0.4) is 0 Å². The Balaban J connectivity index is 2.49. The van der Waals surface area contributed by atoms with Crippen LogP contribution in [0, 0.1) is 5.82 Å². The SMILES string of the molecule is CCCNCC(OCCOCCC)c1ccccc1F. The highest BCUT2D eigenvalue weighted by Crippen LogP contribution is 2.19. The number of hydrogen-bond donors (Lipinski definition) is 1. The summed E-state index contributed by atoms with van der Waals surface area (Å²) in [7, 11) is 0. The minimum absolute atomic E-state index is 0.217. The first-order chi connectivity index (χ1) is 9.79. The summed E-state index contributed by atoms with van der Waals surface area (Å²) >= 11 is 0. The van der Waals surface area contributed by atoms with E-state index in [2.05, 4.69) is 19.2 Å². The lowest BCUT2D eigenvalue weighted by Gasteiger charge is -2.19. The summed E-state index contributed by atoms with van der Waals surface area (Å²) in [5.74, 6) is -0.217. The molecular formula is C16H26FNO2. The zero-order valence-electron chi connectivity index (χ0n) is 12.5. The first-order valence-electron chi connectivity index (χ1n) is 7.44. The van der Waals surface area contributed by atoms with Crippen LogP contribution >= 0.6 is 0 Å². The maximum absolute atomic E-state index is 13.8. The van der Waals surface area contributed by atoms with Crippen molar-refractivity contribution < 1.29 is 13.9 Å². The summed E-state index contributed by atoms with van der Waals surface area (Å²) in [4.78, 5) is 0. The Hall–Kier alpha value is -0.970. The first-order valence-corrected chi connectivity index (χ1v) is 7.44. The molecule has 1 aromatic carbocycles. The molecule has 20 heavy (non-hydrogen) atoms. The molecule has 0 aliphatic carbocycles. The van der Waals surface area contributed by atoms with Gasteiger partial charge in [-0.2, -0.15) is 0 Å². The van der Waals surface area contributed by atoms with E-state index in [9.17, 15) is 4.39 Å². The van der Waals surface area contributed by atoms with E-state index in [4.69, 9.17) is 9.47 Å². The second-order valence-corrected chi connectivity index (χ2v) is 4.70. The standard InChI is InChI=1S/C16H26FNO2/c1-3-9-18-13-16(20-12-11-19-10-4-2)14-7-5-6-8-15(14)17/h5-8,16,18H,3-4,9-13H2,1-2H3. The lowest BCUT2D eigenvalue weighted by molar-refractivity contribution is 0.00298. The Bertz CT molecular complexity index is 360. The molecule has 0 spiro atoms. The molecule has 1 unspecified atom stereocenters. The fourth-order valence-corrected chi connectivity index (χ4v) is 1.90. The summed E-state index contributed by atoms with van der Waals surface area (Å²) < 4.78 is 25.0. The van der Waals surface area contributed by atoms with Crippen molar-refractivity contribution in [1.29, 1.82) is 0 Å². The molecule has 1 rings (SSSR count). The quantitative estimate of drug-likeness (QED) is 0.632. The van der Waals surface area contributed by atoms with Gasteiger partial charge < -0.3 is 14.8 Å². The Morgan fingerprint density at radius 3 is 2.60 bits per heavy atom. The molecule has 0 aromatic heterocycles. The van der Waals surface area contributed by atoms with E-state index in [1.54, 1.807) is 12.1 Å². The summed E-state index contributed by atoms with van der Waals surface area (Å²) in [6, 6.07) is 6.78. The zero-order chi connectivity index (χ0) is 14.6. The first kappa shape index (κ1) is 17.1. The van der Waals surface area contributed by atoms with Crippen LogP contribution in [0.5, 0.6) is 0 Å². The summed E-state index contributed by atoms with van der Waals surface area (Å²) in [5.41, 5.74) is 0.603. The van der Waals surface area contributed by atoms with Gasteiger partial charge in [-0.25, -0.2) is 4.39 Å². The van der Waals surface area contributed by atoms with Gasteiger partial charge in [0.05, 0.1) is 19.3 Å². The van der Waals surface area contributed by atoms with E-state index in [0.29, 0.717) is 25.3 Å². The van der Waals surface area contributed by atoms with Gasteiger partial charge in [-0.05, 0) is 25.5 Å². The van der Waals surface area contributed by atoms with Crippen LogP contribution in [0.2, 0.25) is 0 Å². The summed E-state index contributed by atoms with van der Waals surface area (Å²) in [6.07, 6.45) is 1.77. The highest BCUT2D eigenvalue weighted by Gasteiger charge is 2.15. The lowest BCUT2D eigenvalue weighted by atomic mass is 10.1. The van der Waals surface area contributed by atoms with Gasteiger partial charge in [0.1, 0.15) is 5.82 Å². The maximum atomic E-state index is 13.8. The number of hydrogen-bond acceptors (Lipinski definition) is 3. The van der Waals surface area contributed by atoms with Gasteiger partial charge in [0.25, 0.3) is 0 Å². The van der Waals surface area contributed by atoms with Crippen molar-refractivity contribution in [3.05, 3.63) is 35.6 Å². The van der Waals surface area contributed by atoms with Crippen molar-refractivity contribution in [3.63, 3.8) is 0 Å². The van der Waals surface area contributed by atoms with Gasteiger partial charge in [0.2, 0.25) is 0 Å². The lowest BCUT2D eigenvalue weighted by Crippen LogP contribution is -2.25. The van der Waals surface area contributed by atoms with Crippen LogP contribution < -0.4 is 5.32 Å². The highest BCUT2D eigenvalue weighted by atomic mass is 19.1. The van der Waals surface area contributed by atoms with E-state index >= 15 is 0 Å². The van der Waals surface area contributed by atoms with E-state index in [0.717, 1.165) is 26.0 Å². The number of nitrogens with one attached hydrogen (secondary N) is 1. The number of rotatable bonds is 11. The number of halogens is 1. The number of ether oxygens (including phenoxy) is 2. The van der Waals surface area contributed by atoms with Gasteiger partial charge in [0.15, 0.2) is 0 Å². The van der Waals surface area contributed by atoms with Gasteiger partial charge in [0, 0.05) is 18.7 Å². The van der Waals surface area contributed by atoms with Crippen molar-refractivity contribution in [2.75, 3.05) is 32.9 Å². The molecule has 0 saturated heterocycles. The third kappa shape index (κ3) is 6.46. The molecule has 3 nitrogen and oxygen atoms in total. The van der Waals surface area contributed by atoms with E-state index in [-0.39, 0.29) is 11.9 Å². The Morgan fingerprint density at radius 1 is 1.10 bits per heavy atom. The molecule has 0 fully saturated rings. The monoisotopic (exact) mass is 283 g/mol. The van der Waals surface area contributed by atoms with Crippen LogP contribution in [0.25, 0.3) is 0 Å². The van der Waals surface area contributed by atoms with Gasteiger partial charge in [-0.15, -0.1) is 0 Å². The largest absolute Gasteiger partial charge is 0.379 e. The normalized spacial score (nSPS) is 12.6. The topological polar surface area (TPSA) is 30.5 Å². The smallest absolute Gasteiger partial charge is 0.129 e. The van der Waals surface area contributed by atoms with Crippen molar-refractivity contribution in [2.45, 2.75) is 32.8 Å². The van der Waals surface area contributed by atoms with Crippen LogP contribution in [-0.2, 0) is 9.47 Å². The third-order valence-corrected chi connectivity index (χ3v) is 2.90. The Labute approximate surface area is 121 Å². The molecule has 0 bridgehead atoms. The molecule has 1 aromatic rings. The van der Waals surface area contributed by atoms with Gasteiger partial charge >= 0.3 is 0 Å². The highest BCUT2D eigenvalue weighted by molar-refractivity contribution is 5.20. The number of benzene rings is 1. The Kier molecular flexibility index (Phi) is 9.20. The van der Waals surface area contributed by atoms with Crippen LogP contribution in [0.4, 0.5) is 4.39 Å². The Morgan fingerprint density at radius 2 is 1.90 bits per heavy atom. The maximum Gasteiger partial charge on any atom is 0.129 e.